The smallest absolute Gasteiger partial charge is 0.411 e. The van der Waals surface area contributed by atoms with Crippen molar-refractivity contribution in [3.63, 3.8) is 0 Å². The molecule has 1 aliphatic heterocycles. The minimum absolute atomic E-state index is 0.0757. The third-order valence-corrected chi connectivity index (χ3v) is 9.00. The molecule has 2 saturated carbocycles. The summed E-state index contributed by atoms with van der Waals surface area (Å²) >= 11 is 6.20. The van der Waals surface area contributed by atoms with Crippen molar-refractivity contribution >= 4 is 50.3 Å². The number of halogens is 1. The molecule has 0 radical (unpaired) electrons. The van der Waals surface area contributed by atoms with Gasteiger partial charge in [0.15, 0.2) is 0 Å². The molecule has 3 fully saturated rings. The fourth-order valence-electron chi connectivity index (χ4n) is 4.69. The van der Waals surface area contributed by atoms with Gasteiger partial charge in [-0.25, -0.2) is 22.9 Å². The lowest BCUT2D eigenvalue weighted by atomic mass is 10.1. The van der Waals surface area contributed by atoms with E-state index < -0.39 is 50.9 Å². The fraction of sp³-hybridized carbons (Fsp3) is 0.500. The quantitative estimate of drug-likeness (QED) is 0.450. The molecule has 1 aromatic carbocycles. The number of carbonyl (C=O) groups excluding carboxylic acids is 3. The van der Waals surface area contributed by atoms with Crippen LogP contribution in [0.25, 0.3) is 10.8 Å². The lowest BCUT2D eigenvalue weighted by Gasteiger charge is -2.30. The molecular weight excluding hydrogens is 572 g/mol. The van der Waals surface area contributed by atoms with Gasteiger partial charge in [0, 0.05) is 41.3 Å². The van der Waals surface area contributed by atoms with E-state index in [1.54, 1.807) is 39.1 Å². The number of hydrogen-bond acceptors (Lipinski definition) is 8. The number of ether oxygens (including phenoxy) is 2. The second-order valence-corrected chi connectivity index (χ2v) is 14.0. The van der Waals surface area contributed by atoms with E-state index in [1.165, 1.54) is 16.0 Å². The van der Waals surface area contributed by atoms with Gasteiger partial charge in [-0.15, -0.1) is 0 Å². The number of sulfonamides is 1. The number of nitrogens with zero attached hydrogens (tertiary/aromatic N) is 3. The summed E-state index contributed by atoms with van der Waals surface area (Å²) in [6.45, 7) is 5.29. The highest BCUT2D eigenvalue weighted by molar-refractivity contribution is 7.91. The molecule has 3 aliphatic rings. The van der Waals surface area contributed by atoms with Crippen LogP contribution in [0.1, 0.15) is 52.9 Å². The first-order chi connectivity index (χ1) is 19.3. The van der Waals surface area contributed by atoms with Crippen LogP contribution in [0.2, 0.25) is 5.02 Å². The summed E-state index contributed by atoms with van der Waals surface area (Å²) < 4.78 is 38.1. The van der Waals surface area contributed by atoms with E-state index in [2.05, 4.69) is 4.98 Å². The maximum absolute atomic E-state index is 13.9. The van der Waals surface area contributed by atoms with Crippen molar-refractivity contribution in [1.82, 2.24) is 19.5 Å². The molecule has 1 N–H and O–H groups in total. The van der Waals surface area contributed by atoms with Gasteiger partial charge in [0.05, 0.1) is 11.8 Å². The van der Waals surface area contributed by atoms with Crippen LogP contribution in [0.15, 0.2) is 42.7 Å². The number of likely N-dealkylation sites (tertiary alicyclic amines) is 1. The number of rotatable bonds is 8. The number of amides is 3. The third-order valence-electron chi connectivity index (χ3n) is 6.93. The van der Waals surface area contributed by atoms with E-state index in [0.717, 1.165) is 24.3 Å². The van der Waals surface area contributed by atoms with Crippen molar-refractivity contribution in [1.29, 1.82) is 0 Å². The predicted molar refractivity (Wildman–Crippen MR) is 152 cm³/mol. The summed E-state index contributed by atoms with van der Waals surface area (Å²) in [5.74, 6) is -0.903. The maximum Gasteiger partial charge on any atom is 0.411 e. The van der Waals surface area contributed by atoms with Gasteiger partial charge in [-0.05, 0) is 70.0 Å². The zero-order valence-corrected chi connectivity index (χ0v) is 24.7. The minimum Gasteiger partial charge on any atom is -0.472 e. The van der Waals surface area contributed by atoms with E-state index in [4.69, 9.17) is 21.1 Å². The predicted octanol–water partition coefficient (Wildman–Crippen LogP) is 3.76. The average molecular weight is 605 g/mol. The van der Waals surface area contributed by atoms with Gasteiger partial charge in [0.2, 0.25) is 21.8 Å². The van der Waals surface area contributed by atoms with Crippen molar-refractivity contribution in [3.05, 3.63) is 47.8 Å². The summed E-state index contributed by atoms with van der Waals surface area (Å²) in [4.78, 5) is 46.6. The Morgan fingerprint density at radius 3 is 2.54 bits per heavy atom. The fourth-order valence-corrected chi connectivity index (χ4v) is 6.13. The Bertz CT molecular complexity index is 1500. The summed E-state index contributed by atoms with van der Waals surface area (Å²) in [5.41, 5.74) is -0.793. The number of fused-ring (bicyclic) bond motifs is 1. The minimum atomic E-state index is -3.72. The molecule has 11 nitrogen and oxygen atoms in total. The average Bonchev–Trinajstić information content (AvgIpc) is 3.80. The molecule has 2 heterocycles. The Hall–Kier alpha value is -3.38. The van der Waals surface area contributed by atoms with Crippen LogP contribution in [0.4, 0.5) is 4.79 Å². The first-order valence-electron chi connectivity index (χ1n) is 13.6. The molecule has 5 rings (SSSR count). The first kappa shape index (κ1) is 29.1. The Kier molecular flexibility index (Phi) is 7.90. The molecule has 2 aromatic rings. The molecule has 0 spiro atoms. The molecular formula is C28H33ClN4O7S. The molecule has 2 unspecified atom stereocenters. The SMILES string of the molecule is CC(C)(C)OC(=O)N1CC(Oc2nccc3ccc(Cl)cc23)CC1C(=O)N(C=CC(=O)NS(=O)(=O)C1CC1)C1CC1. The normalized spacial score (nSPS) is 21.2. The van der Waals surface area contributed by atoms with Gasteiger partial charge in [-0.1, -0.05) is 17.7 Å². The van der Waals surface area contributed by atoms with Crippen LogP contribution < -0.4 is 9.46 Å². The van der Waals surface area contributed by atoms with Gasteiger partial charge >= 0.3 is 6.09 Å². The number of nitrogens with one attached hydrogen (secondary N) is 1. The number of hydrogen-bond donors (Lipinski definition) is 1. The van der Waals surface area contributed by atoms with Crippen LogP contribution in [0.5, 0.6) is 5.88 Å². The lowest BCUT2D eigenvalue weighted by Crippen LogP contribution is -2.48. The molecule has 2 atom stereocenters. The Balaban J connectivity index is 1.36. The van der Waals surface area contributed by atoms with Gasteiger partial charge in [-0.3, -0.25) is 14.5 Å². The van der Waals surface area contributed by atoms with E-state index >= 15 is 0 Å². The van der Waals surface area contributed by atoms with Gasteiger partial charge < -0.3 is 14.4 Å². The Morgan fingerprint density at radius 2 is 1.88 bits per heavy atom. The van der Waals surface area contributed by atoms with Crippen molar-refractivity contribution in [3.8, 4) is 5.88 Å². The van der Waals surface area contributed by atoms with Crippen LogP contribution >= 0.6 is 11.6 Å². The highest BCUT2D eigenvalue weighted by Crippen LogP contribution is 2.34. The Labute approximate surface area is 243 Å². The van der Waals surface area contributed by atoms with E-state index in [0.29, 0.717) is 29.1 Å². The summed E-state index contributed by atoms with van der Waals surface area (Å²) in [6, 6.07) is 6.11. The van der Waals surface area contributed by atoms with E-state index in [-0.39, 0.29) is 19.0 Å². The largest absolute Gasteiger partial charge is 0.472 e. The summed E-state index contributed by atoms with van der Waals surface area (Å²) in [6.07, 6.45) is 5.36. The van der Waals surface area contributed by atoms with Crippen LogP contribution in [-0.2, 0) is 24.3 Å². The molecule has 0 bridgehead atoms. The topological polar surface area (TPSA) is 135 Å². The van der Waals surface area contributed by atoms with Crippen LogP contribution in [0.3, 0.4) is 0 Å². The highest BCUT2D eigenvalue weighted by atomic mass is 35.5. The lowest BCUT2D eigenvalue weighted by molar-refractivity contribution is -0.133. The molecule has 220 valence electrons. The second-order valence-electron chi connectivity index (χ2n) is 11.6. The summed E-state index contributed by atoms with van der Waals surface area (Å²) in [5, 5.41) is 1.55. The van der Waals surface area contributed by atoms with Crippen molar-refractivity contribution in [2.45, 2.75) is 81.9 Å². The van der Waals surface area contributed by atoms with Gasteiger partial charge in [0.25, 0.3) is 5.91 Å². The molecule has 13 heteroatoms. The first-order valence-corrected chi connectivity index (χ1v) is 15.5. The zero-order chi connectivity index (χ0) is 29.5. The third kappa shape index (κ3) is 7.10. The maximum atomic E-state index is 13.9. The van der Waals surface area contributed by atoms with E-state index in [1.807, 2.05) is 16.9 Å². The van der Waals surface area contributed by atoms with Crippen molar-refractivity contribution in [2.24, 2.45) is 0 Å². The summed E-state index contributed by atoms with van der Waals surface area (Å²) in [7, 11) is -3.72. The molecule has 41 heavy (non-hydrogen) atoms. The standard InChI is InChI=1S/C28H33ClN4O7S/c1-28(2,3)40-27(36)33-16-20(39-25-22-14-18(29)5-4-17(22)10-12-30-25)15-23(33)26(35)32(19-6-7-19)13-11-24(34)31-41(37,38)21-8-9-21/h4-5,10-14,19-21,23H,6-9,15-16H2,1-3H3,(H,31,34). The van der Waals surface area contributed by atoms with Crippen LogP contribution in [0, 0.1) is 0 Å². The number of pyridine rings is 1. The van der Waals surface area contributed by atoms with Gasteiger partial charge in [-0.2, -0.15) is 0 Å². The number of benzene rings is 1. The van der Waals surface area contributed by atoms with E-state index in [9.17, 15) is 22.8 Å². The van der Waals surface area contributed by atoms with Crippen molar-refractivity contribution in [2.75, 3.05) is 6.54 Å². The zero-order valence-electron chi connectivity index (χ0n) is 23.1. The number of carbonyl (C=O) groups is 3. The molecule has 1 aromatic heterocycles. The van der Waals surface area contributed by atoms with Crippen molar-refractivity contribution < 1.29 is 32.3 Å². The Morgan fingerprint density at radius 1 is 1.15 bits per heavy atom. The molecule has 3 amide bonds. The highest BCUT2D eigenvalue weighted by Gasteiger charge is 2.46. The van der Waals surface area contributed by atoms with Crippen LogP contribution in [-0.4, -0.2) is 76.7 Å². The van der Waals surface area contributed by atoms with Gasteiger partial charge in [0.1, 0.15) is 17.7 Å². The molecule has 2 aliphatic carbocycles. The molecule has 1 saturated heterocycles. The monoisotopic (exact) mass is 604 g/mol. The second kappa shape index (κ2) is 11.1. The number of aromatic nitrogens is 1.